The Kier molecular flexibility index (Phi) is 5.22. The third-order valence-corrected chi connectivity index (χ3v) is 5.67. The van der Waals surface area contributed by atoms with Gasteiger partial charge in [-0.3, -0.25) is 9.59 Å². The molecule has 1 fully saturated rings. The third-order valence-electron chi connectivity index (χ3n) is 4.51. The van der Waals surface area contributed by atoms with Gasteiger partial charge < -0.3 is 14.4 Å². The Morgan fingerprint density at radius 1 is 1.40 bits per heavy atom. The molecule has 1 aliphatic heterocycles. The highest BCUT2D eigenvalue weighted by Crippen LogP contribution is 2.31. The zero-order chi connectivity index (χ0) is 18.0. The molecule has 1 atom stereocenters. The number of amides is 1. The number of likely N-dealkylation sites (tertiary alicyclic amines) is 1. The monoisotopic (exact) mass is 362 g/mol. The van der Waals surface area contributed by atoms with Gasteiger partial charge in [0, 0.05) is 19.5 Å². The molecule has 0 radical (unpaired) electrons. The smallest absolute Gasteiger partial charge is 0.303 e. The van der Waals surface area contributed by atoms with Crippen LogP contribution in [0.5, 0.6) is 0 Å². The van der Waals surface area contributed by atoms with Crippen molar-refractivity contribution < 1.29 is 19.1 Å². The van der Waals surface area contributed by atoms with Crippen LogP contribution in [0.15, 0.2) is 16.5 Å². The second-order valence-electron chi connectivity index (χ2n) is 6.54. The van der Waals surface area contributed by atoms with E-state index in [9.17, 15) is 9.59 Å². The van der Waals surface area contributed by atoms with E-state index in [-0.39, 0.29) is 18.2 Å². The summed E-state index contributed by atoms with van der Waals surface area (Å²) in [6.07, 6.45) is 2.68. The maximum absolute atomic E-state index is 12.9. The number of carboxylic acid groups (broad SMARTS) is 1. The highest BCUT2D eigenvalue weighted by molar-refractivity contribution is 7.17. The van der Waals surface area contributed by atoms with Gasteiger partial charge in [-0.05, 0) is 51.2 Å². The Labute approximate surface area is 150 Å². The number of nitrogens with zero attached hydrogens (tertiary/aromatic N) is 2. The van der Waals surface area contributed by atoms with Crippen molar-refractivity contribution in [2.75, 3.05) is 13.1 Å². The molecule has 25 heavy (non-hydrogen) atoms. The van der Waals surface area contributed by atoms with Crippen LogP contribution in [0.25, 0.3) is 10.8 Å². The van der Waals surface area contributed by atoms with Gasteiger partial charge in [0.1, 0.15) is 10.6 Å². The number of hydrogen-bond acceptors (Lipinski definition) is 5. The summed E-state index contributed by atoms with van der Waals surface area (Å²) in [6, 6.07) is 3.75. The number of thiazole rings is 1. The molecule has 1 saturated heterocycles. The number of aryl methyl sites for hydroxylation is 2. The van der Waals surface area contributed by atoms with Crippen LogP contribution in [0.4, 0.5) is 0 Å². The number of hydrogen-bond donors (Lipinski definition) is 1. The summed E-state index contributed by atoms with van der Waals surface area (Å²) in [7, 11) is 0. The first-order valence-electron chi connectivity index (χ1n) is 8.49. The van der Waals surface area contributed by atoms with Gasteiger partial charge in [0.15, 0.2) is 10.8 Å². The van der Waals surface area contributed by atoms with E-state index in [2.05, 4.69) is 4.98 Å². The normalized spacial score (nSPS) is 17.7. The van der Waals surface area contributed by atoms with Gasteiger partial charge in [0.05, 0.1) is 5.69 Å². The fourth-order valence-electron chi connectivity index (χ4n) is 3.21. The van der Waals surface area contributed by atoms with Gasteiger partial charge in [-0.2, -0.15) is 0 Å². The Morgan fingerprint density at radius 3 is 2.88 bits per heavy atom. The van der Waals surface area contributed by atoms with Gasteiger partial charge in [0.2, 0.25) is 0 Å². The van der Waals surface area contributed by atoms with Gasteiger partial charge in [0.25, 0.3) is 5.91 Å². The largest absolute Gasteiger partial charge is 0.481 e. The van der Waals surface area contributed by atoms with Crippen LogP contribution < -0.4 is 0 Å². The van der Waals surface area contributed by atoms with Crippen LogP contribution >= 0.6 is 11.3 Å². The number of rotatable bonds is 5. The second kappa shape index (κ2) is 7.39. The molecule has 7 heteroatoms. The highest BCUT2D eigenvalue weighted by atomic mass is 32.1. The zero-order valence-corrected chi connectivity index (χ0v) is 15.3. The van der Waals surface area contributed by atoms with Gasteiger partial charge >= 0.3 is 5.97 Å². The molecule has 3 heterocycles. The Bertz CT molecular complexity index is 780. The lowest BCUT2D eigenvalue weighted by Crippen LogP contribution is -2.40. The molecule has 1 amide bonds. The van der Waals surface area contributed by atoms with E-state index in [1.165, 1.54) is 11.3 Å². The lowest BCUT2D eigenvalue weighted by atomic mass is 9.93. The summed E-state index contributed by atoms with van der Waals surface area (Å²) in [5.41, 5.74) is 0.715. The summed E-state index contributed by atoms with van der Waals surface area (Å²) in [4.78, 5) is 30.6. The minimum atomic E-state index is -0.778. The molecule has 1 aliphatic rings. The molecule has 3 rings (SSSR count). The topological polar surface area (TPSA) is 83.6 Å². The third kappa shape index (κ3) is 4.10. The van der Waals surface area contributed by atoms with Crippen molar-refractivity contribution in [3.8, 4) is 10.8 Å². The predicted molar refractivity (Wildman–Crippen MR) is 94.8 cm³/mol. The summed E-state index contributed by atoms with van der Waals surface area (Å²) in [5, 5.41) is 9.57. The number of aliphatic carboxylic acids is 1. The number of carbonyl (C=O) groups excluding carboxylic acids is 1. The van der Waals surface area contributed by atoms with Crippen LogP contribution in [-0.2, 0) is 4.79 Å². The van der Waals surface area contributed by atoms with Crippen LogP contribution in [0.3, 0.4) is 0 Å². The standard InChI is InChI=1S/C18H22N2O4S/c1-11-5-7-14(24-11)17-19-12(2)16(25-17)18(23)20-9-3-4-13(10-20)6-8-15(21)22/h5,7,13H,3-4,6,8-10H2,1-2H3,(H,21,22). The lowest BCUT2D eigenvalue weighted by Gasteiger charge is -2.32. The van der Waals surface area contributed by atoms with Crippen LogP contribution in [-0.4, -0.2) is 40.0 Å². The zero-order valence-electron chi connectivity index (χ0n) is 14.4. The number of carbonyl (C=O) groups is 2. The van der Waals surface area contributed by atoms with E-state index in [0.717, 1.165) is 25.1 Å². The van der Waals surface area contributed by atoms with Gasteiger partial charge in [-0.25, -0.2) is 4.98 Å². The summed E-state index contributed by atoms with van der Waals surface area (Å²) in [6.45, 7) is 5.06. The average molecular weight is 362 g/mol. The van der Waals surface area contributed by atoms with E-state index in [1.54, 1.807) is 0 Å². The molecule has 1 N–H and O–H groups in total. The summed E-state index contributed by atoms with van der Waals surface area (Å²) in [5.74, 6) is 0.967. The minimum absolute atomic E-state index is 0.00967. The molecule has 2 aromatic rings. The van der Waals surface area contributed by atoms with Crippen LogP contribution in [0.1, 0.15) is 46.8 Å². The SMILES string of the molecule is Cc1ccc(-c2nc(C)c(C(=O)N3CCCC(CCC(=O)O)C3)s2)o1. The Hall–Kier alpha value is -2.15. The van der Waals surface area contributed by atoms with Crippen molar-refractivity contribution in [3.05, 3.63) is 28.5 Å². The average Bonchev–Trinajstić information content (AvgIpc) is 3.18. The number of carboxylic acids is 1. The first-order valence-corrected chi connectivity index (χ1v) is 9.31. The van der Waals surface area contributed by atoms with Crippen molar-refractivity contribution in [2.24, 2.45) is 5.92 Å². The van der Waals surface area contributed by atoms with Gasteiger partial charge in [-0.1, -0.05) is 0 Å². The van der Waals surface area contributed by atoms with E-state index in [0.29, 0.717) is 34.3 Å². The molecule has 0 bridgehead atoms. The summed E-state index contributed by atoms with van der Waals surface area (Å²) < 4.78 is 5.60. The Balaban J connectivity index is 1.72. The molecule has 0 aromatic carbocycles. The molecular formula is C18H22N2O4S. The fourth-order valence-corrected chi connectivity index (χ4v) is 4.20. The van der Waals surface area contributed by atoms with E-state index in [4.69, 9.17) is 9.52 Å². The quantitative estimate of drug-likeness (QED) is 0.876. The number of furan rings is 1. The molecule has 2 aromatic heterocycles. The first kappa shape index (κ1) is 17.7. The molecule has 0 aliphatic carbocycles. The van der Waals surface area contributed by atoms with E-state index < -0.39 is 5.97 Å². The molecule has 6 nitrogen and oxygen atoms in total. The maximum Gasteiger partial charge on any atom is 0.303 e. The lowest BCUT2D eigenvalue weighted by molar-refractivity contribution is -0.137. The number of aromatic nitrogens is 1. The number of piperidine rings is 1. The highest BCUT2D eigenvalue weighted by Gasteiger charge is 2.27. The molecule has 134 valence electrons. The van der Waals surface area contributed by atoms with Crippen molar-refractivity contribution in [1.29, 1.82) is 0 Å². The van der Waals surface area contributed by atoms with Gasteiger partial charge in [-0.15, -0.1) is 11.3 Å². The van der Waals surface area contributed by atoms with Crippen molar-refractivity contribution in [3.63, 3.8) is 0 Å². The van der Waals surface area contributed by atoms with Crippen molar-refractivity contribution >= 4 is 23.2 Å². The molecule has 0 spiro atoms. The second-order valence-corrected chi connectivity index (χ2v) is 7.53. The molecule has 0 saturated carbocycles. The van der Waals surface area contributed by atoms with Crippen LogP contribution in [0.2, 0.25) is 0 Å². The minimum Gasteiger partial charge on any atom is -0.481 e. The molecule has 1 unspecified atom stereocenters. The van der Waals surface area contributed by atoms with Crippen molar-refractivity contribution in [1.82, 2.24) is 9.88 Å². The maximum atomic E-state index is 12.9. The predicted octanol–water partition coefficient (Wildman–Crippen LogP) is 3.74. The first-order chi connectivity index (χ1) is 11.9. The van der Waals surface area contributed by atoms with E-state index in [1.807, 2.05) is 30.9 Å². The van der Waals surface area contributed by atoms with E-state index >= 15 is 0 Å². The Morgan fingerprint density at radius 2 is 2.20 bits per heavy atom. The molecular weight excluding hydrogens is 340 g/mol. The summed E-state index contributed by atoms with van der Waals surface area (Å²) >= 11 is 1.36. The fraction of sp³-hybridized carbons (Fsp3) is 0.500. The van der Waals surface area contributed by atoms with Crippen molar-refractivity contribution in [2.45, 2.75) is 39.5 Å². The van der Waals surface area contributed by atoms with Crippen LogP contribution in [0, 0.1) is 19.8 Å².